The summed E-state index contributed by atoms with van der Waals surface area (Å²) in [7, 11) is -0.673. The number of carbonyl (C=O) groups excluding carboxylic acids is 1. The van der Waals surface area contributed by atoms with E-state index < -0.39 is 15.9 Å². The molecule has 1 aliphatic rings. The molecule has 20 heavy (non-hydrogen) atoms. The van der Waals surface area contributed by atoms with Gasteiger partial charge < -0.3 is 10.6 Å². The highest BCUT2D eigenvalue weighted by Gasteiger charge is 2.29. The van der Waals surface area contributed by atoms with Crippen molar-refractivity contribution in [1.29, 1.82) is 0 Å². The Balaban J connectivity index is 2.68. The van der Waals surface area contributed by atoms with Crippen molar-refractivity contribution in [2.45, 2.75) is 17.7 Å². The van der Waals surface area contributed by atoms with Gasteiger partial charge in [-0.1, -0.05) is 6.07 Å². The average molecular weight is 297 g/mol. The second kappa shape index (κ2) is 5.41. The second-order valence-corrected chi connectivity index (χ2v) is 7.12. The van der Waals surface area contributed by atoms with Crippen LogP contribution < -0.4 is 10.6 Å². The number of rotatable bonds is 4. The molecule has 1 aromatic carbocycles. The van der Waals surface area contributed by atoms with Gasteiger partial charge in [0.15, 0.2) is 0 Å². The molecule has 1 aromatic rings. The van der Waals surface area contributed by atoms with E-state index in [1.807, 2.05) is 4.90 Å². The first kappa shape index (κ1) is 14.8. The average Bonchev–Trinajstić information content (AvgIpc) is 2.91. The van der Waals surface area contributed by atoms with E-state index in [1.165, 1.54) is 20.2 Å². The molecule has 2 N–H and O–H groups in total. The zero-order valence-electron chi connectivity index (χ0n) is 11.7. The van der Waals surface area contributed by atoms with Crippen LogP contribution in [0.25, 0.3) is 0 Å². The number of para-hydroxylation sites is 1. The highest BCUT2D eigenvalue weighted by atomic mass is 32.2. The van der Waals surface area contributed by atoms with E-state index in [9.17, 15) is 13.2 Å². The van der Waals surface area contributed by atoms with Gasteiger partial charge in [-0.05, 0) is 25.0 Å². The van der Waals surface area contributed by atoms with Crippen LogP contribution in [-0.2, 0) is 10.0 Å². The van der Waals surface area contributed by atoms with Crippen molar-refractivity contribution in [3.63, 3.8) is 0 Å². The number of benzene rings is 1. The van der Waals surface area contributed by atoms with E-state index in [2.05, 4.69) is 0 Å². The van der Waals surface area contributed by atoms with Crippen LogP contribution >= 0.6 is 0 Å². The molecule has 0 aliphatic carbocycles. The summed E-state index contributed by atoms with van der Waals surface area (Å²) in [4.78, 5) is 13.7. The van der Waals surface area contributed by atoms with Crippen LogP contribution in [0.3, 0.4) is 0 Å². The van der Waals surface area contributed by atoms with Gasteiger partial charge in [-0.25, -0.2) is 12.7 Å². The third kappa shape index (κ3) is 2.51. The third-order valence-electron chi connectivity index (χ3n) is 3.45. The number of carbonyl (C=O) groups is 1. The topological polar surface area (TPSA) is 83.7 Å². The number of hydrogen-bond acceptors (Lipinski definition) is 4. The van der Waals surface area contributed by atoms with E-state index in [-0.39, 0.29) is 10.5 Å². The van der Waals surface area contributed by atoms with Gasteiger partial charge in [0.05, 0.1) is 11.3 Å². The molecule has 110 valence electrons. The predicted molar refractivity (Wildman–Crippen MR) is 77.3 cm³/mol. The lowest BCUT2D eigenvalue weighted by atomic mass is 10.1. The van der Waals surface area contributed by atoms with E-state index in [0.29, 0.717) is 5.69 Å². The van der Waals surface area contributed by atoms with E-state index in [4.69, 9.17) is 5.73 Å². The minimum atomic E-state index is -3.62. The van der Waals surface area contributed by atoms with E-state index in [0.717, 1.165) is 30.2 Å². The molecule has 0 aromatic heterocycles. The van der Waals surface area contributed by atoms with Crippen LogP contribution in [0.2, 0.25) is 0 Å². The first-order chi connectivity index (χ1) is 9.35. The summed E-state index contributed by atoms with van der Waals surface area (Å²) in [6.07, 6.45) is 1.96. The Morgan fingerprint density at radius 3 is 2.35 bits per heavy atom. The van der Waals surface area contributed by atoms with Crippen LogP contribution in [0.15, 0.2) is 23.1 Å². The van der Waals surface area contributed by atoms with Gasteiger partial charge in [0.25, 0.3) is 5.91 Å². The molecule has 7 heteroatoms. The zero-order chi connectivity index (χ0) is 14.9. The van der Waals surface area contributed by atoms with Gasteiger partial charge in [-0.2, -0.15) is 0 Å². The Bertz CT molecular complexity index is 620. The Hall–Kier alpha value is -1.60. The molecule has 1 fully saturated rings. The third-order valence-corrected chi connectivity index (χ3v) is 5.29. The molecule has 1 heterocycles. The van der Waals surface area contributed by atoms with Crippen LogP contribution in [0.5, 0.6) is 0 Å². The van der Waals surface area contributed by atoms with Gasteiger partial charge in [0.2, 0.25) is 10.0 Å². The first-order valence-corrected chi connectivity index (χ1v) is 7.90. The van der Waals surface area contributed by atoms with Crippen molar-refractivity contribution < 1.29 is 13.2 Å². The molecular formula is C13H19N3O3S. The first-order valence-electron chi connectivity index (χ1n) is 6.46. The number of primary amides is 1. The maximum atomic E-state index is 12.4. The summed E-state index contributed by atoms with van der Waals surface area (Å²) >= 11 is 0. The number of nitrogens with zero attached hydrogens (tertiary/aromatic N) is 2. The number of sulfonamides is 1. The van der Waals surface area contributed by atoms with Gasteiger partial charge in [-0.15, -0.1) is 0 Å². The van der Waals surface area contributed by atoms with Crippen LogP contribution in [0.4, 0.5) is 5.69 Å². The molecule has 1 aliphatic heterocycles. The van der Waals surface area contributed by atoms with Gasteiger partial charge in [0, 0.05) is 27.2 Å². The van der Waals surface area contributed by atoms with Crippen molar-refractivity contribution in [2.75, 3.05) is 32.1 Å². The fraction of sp³-hybridized carbons (Fsp3) is 0.462. The van der Waals surface area contributed by atoms with Gasteiger partial charge in [0.1, 0.15) is 4.90 Å². The van der Waals surface area contributed by atoms with E-state index >= 15 is 0 Å². The summed E-state index contributed by atoms with van der Waals surface area (Å²) in [5.41, 5.74) is 6.09. The Morgan fingerprint density at radius 1 is 1.25 bits per heavy atom. The molecule has 0 atom stereocenters. The monoisotopic (exact) mass is 297 g/mol. The van der Waals surface area contributed by atoms with Crippen molar-refractivity contribution in [3.05, 3.63) is 23.8 Å². The number of nitrogens with two attached hydrogens (primary N) is 1. The SMILES string of the molecule is CN(C)S(=O)(=O)c1cccc(C(N)=O)c1N1CCCC1. The van der Waals surface area contributed by atoms with Crippen molar-refractivity contribution >= 4 is 21.6 Å². The van der Waals surface area contributed by atoms with Crippen LogP contribution in [0, 0.1) is 0 Å². The molecule has 0 radical (unpaired) electrons. The smallest absolute Gasteiger partial charge is 0.250 e. The molecule has 0 saturated carbocycles. The lowest BCUT2D eigenvalue weighted by molar-refractivity contribution is 0.100. The van der Waals surface area contributed by atoms with Crippen molar-refractivity contribution in [3.8, 4) is 0 Å². The number of anilines is 1. The largest absolute Gasteiger partial charge is 0.370 e. The lowest BCUT2D eigenvalue weighted by Gasteiger charge is -2.24. The Kier molecular flexibility index (Phi) is 4.01. The maximum absolute atomic E-state index is 12.4. The Labute approximate surface area is 119 Å². The van der Waals surface area contributed by atoms with Crippen molar-refractivity contribution in [1.82, 2.24) is 4.31 Å². The second-order valence-electron chi connectivity index (χ2n) is 5.00. The molecule has 2 rings (SSSR count). The maximum Gasteiger partial charge on any atom is 0.250 e. The molecular weight excluding hydrogens is 278 g/mol. The van der Waals surface area contributed by atoms with Crippen molar-refractivity contribution in [2.24, 2.45) is 5.73 Å². The molecule has 1 saturated heterocycles. The minimum Gasteiger partial charge on any atom is -0.370 e. The minimum absolute atomic E-state index is 0.140. The zero-order valence-corrected chi connectivity index (χ0v) is 12.5. The molecule has 6 nitrogen and oxygen atoms in total. The summed E-state index contributed by atoms with van der Waals surface area (Å²) in [5.74, 6) is -0.609. The quantitative estimate of drug-likeness (QED) is 0.884. The highest BCUT2D eigenvalue weighted by molar-refractivity contribution is 7.89. The van der Waals surface area contributed by atoms with Gasteiger partial charge in [-0.3, -0.25) is 4.79 Å². The molecule has 0 spiro atoms. The lowest BCUT2D eigenvalue weighted by Crippen LogP contribution is -2.29. The predicted octanol–water partition coefficient (Wildman–Crippen LogP) is 0.636. The molecule has 0 bridgehead atoms. The highest BCUT2D eigenvalue weighted by Crippen LogP contribution is 2.33. The number of amides is 1. The summed E-state index contributed by atoms with van der Waals surface area (Å²) in [5, 5.41) is 0. The normalized spacial score (nSPS) is 15.8. The molecule has 1 amide bonds. The van der Waals surface area contributed by atoms with Crippen LogP contribution in [0.1, 0.15) is 23.2 Å². The van der Waals surface area contributed by atoms with E-state index in [1.54, 1.807) is 12.1 Å². The fourth-order valence-electron chi connectivity index (χ4n) is 2.39. The standard InChI is InChI=1S/C13H19N3O3S/c1-15(2)20(18,19)11-7-5-6-10(13(14)17)12(11)16-8-3-4-9-16/h5-7H,3-4,8-9H2,1-2H3,(H2,14,17). The van der Waals surface area contributed by atoms with Gasteiger partial charge >= 0.3 is 0 Å². The Morgan fingerprint density at radius 2 is 1.85 bits per heavy atom. The summed E-state index contributed by atoms with van der Waals surface area (Å²) < 4.78 is 26.0. The number of hydrogen-bond donors (Lipinski definition) is 1. The fourth-order valence-corrected chi connectivity index (χ4v) is 3.52. The van der Waals surface area contributed by atoms with Crippen LogP contribution in [-0.4, -0.2) is 45.8 Å². The summed E-state index contributed by atoms with van der Waals surface area (Å²) in [6, 6.07) is 4.65. The summed E-state index contributed by atoms with van der Waals surface area (Å²) in [6.45, 7) is 1.47. The molecule has 0 unspecified atom stereocenters.